The van der Waals surface area contributed by atoms with E-state index in [4.69, 9.17) is 21.1 Å². The number of thiazole rings is 1. The molecule has 0 bridgehead atoms. The van der Waals surface area contributed by atoms with Gasteiger partial charge >= 0.3 is 0 Å². The smallest absolute Gasteiger partial charge is 0.231 e. The molecule has 1 aromatic carbocycles. The highest BCUT2D eigenvalue weighted by molar-refractivity contribution is 7.14. The van der Waals surface area contributed by atoms with Crippen LogP contribution in [0.5, 0.6) is 11.5 Å². The third kappa shape index (κ3) is 1.56. The van der Waals surface area contributed by atoms with Crippen LogP contribution in [-0.4, -0.2) is 11.8 Å². The van der Waals surface area contributed by atoms with Crippen molar-refractivity contribution >= 4 is 22.9 Å². The number of halogens is 1. The molecule has 0 unspecified atom stereocenters. The van der Waals surface area contributed by atoms with E-state index in [2.05, 4.69) is 4.98 Å². The number of hydrogen-bond acceptors (Lipinski definition) is 4. The third-order valence-corrected chi connectivity index (χ3v) is 3.12. The molecule has 1 aromatic heterocycles. The van der Waals surface area contributed by atoms with Crippen LogP contribution >= 0.6 is 22.9 Å². The van der Waals surface area contributed by atoms with Crippen molar-refractivity contribution in [2.45, 2.75) is 0 Å². The Kier molecular flexibility index (Phi) is 2.04. The lowest BCUT2D eigenvalue weighted by molar-refractivity contribution is 0.174. The van der Waals surface area contributed by atoms with Gasteiger partial charge in [0.15, 0.2) is 16.0 Å². The highest BCUT2D eigenvalue weighted by Gasteiger charge is 2.14. The molecule has 3 nitrogen and oxygen atoms in total. The first-order valence-electron chi connectivity index (χ1n) is 4.34. The molecule has 0 atom stereocenters. The minimum absolute atomic E-state index is 0.288. The van der Waals surface area contributed by atoms with Gasteiger partial charge in [-0.1, -0.05) is 11.6 Å². The fraction of sp³-hybridized carbons (Fsp3) is 0.100. The van der Waals surface area contributed by atoms with Crippen LogP contribution in [0.15, 0.2) is 23.6 Å². The van der Waals surface area contributed by atoms with E-state index in [0.717, 1.165) is 22.8 Å². The Morgan fingerprint density at radius 1 is 1.27 bits per heavy atom. The summed E-state index contributed by atoms with van der Waals surface area (Å²) >= 11 is 7.19. The van der Waals surface area contributed by atoms with E-state index in [1.54, 1.807) is 0 Å². The van der Waals surface area contributed by atoms with Gasteiger partial charge in [-0.25, -0.2) is 4.98 Å². The van der Waals surface area contributed by atoms with Crippen LogP contribution in [-0.2, 0) is 0 Å². The summed E-state index contributed by atoms with van der Waals surface area (Å²) in [5, 5.41) is 1.92. The van der Waals surface area contributed by atoms with Crippen molar-refractivity contribution in [1.82, 2.24) is 4.98 Å². The van der Waals surface area contributed by atoms with E-state index in [1.165, 1.54) is 11.3 Å². The van der Waals surface area contributed by atoms with Crippen LogP contribution in [0.2, 0.25) is 4.47 Å². The molecular formula is C10H6ClNO2S. The van der Waals surface area contributed by atoms with E-state index in [9.17, 15) is 0 Å². The Bertz CT molecular complexity index is 512. The molecule has 5 heteroatoms. The molecule has 0 N–H and O–H groups in total. The molecular weight excluding hydrogens is 234 g/mol. The maximum atomic E-state index is 5.78. The number of fused-ring (bicyclic) bond motifs is 1. The molecule has 0 amide bonds. The Balaban J connectivity index is 2.06. The molecule has 0 aliphatic carbocycles. The second kappa shape index (κ2) is 3.40. The summed E-state index contributed by atoms with van der Waals surface area (Å²) in [5.74, 6) is 1.54. The first-order chi connectivity index (χ1) is 7.33. The molecule has 1 aliphatic heterocycles. The lowest BCUT2D eigenvalue weighted by atomic mass is 10.1. The lowest BCUT2D eigenvalue weighted by Crippen LogP contribution is -1.92. The van der Waals surface area contributed by atoms with Gasteiger partial charge in [0, 0.05) is 10.9 Å². The fourth-order valence-electron chi connectivity index (χ4n) is 1.44. The van der Waals surface area contributed by atoms with E-state index in [-0.39, 0.29) is 6.79 Å². The zero-order valence-electron chi connectivity index (χ0n) is 7.57. The maximum absolute atomic E-state index is 5.78. The summed E-state index contributed by atoms with van der Waals surface area (Å²) < 4.78 is 11.1. The third-order valence-electron chi connectivity index (χ3n) is 2.14. The fourth-order valence-corrected chi connectivity index (χ4v) is 2.21. The highest BCUT2D eigenvalue weighted by atomic mass is 35.5. The summed E-state index contributed by atoms with van der Waals surface area (Å²) in [4.78, 5) is 4.19. The standard InChI is InChI=1S/C10H6ClNO2S/c11-10-12-7(4-15-10)6-1-2-8-9(3-6)14-5-13-8/h1-4H,5H2. The van der Waals surface area contributed by atoms with Gasteiger partial charge in [-0.2, -0.15) is 0 Å². The minimum Gasteiger partial charge on any atom is -0.454 e. The molecule has 2 aromatic rings. The molecule has 1 aliphatic rings. The first kappa shape index (κ1) is 9.00. The van der Waals surface area contributed by atoms with Crippen LogP contribution < -0.4 is 9.47 Å². The number of benzene rings is 1. The Hall–Kier alpha value is -1.26. The quantitative estimate of drug-likeness (QED) is 0.766. The van der Waals surface area contributed by atoms with Crippen molar-refractivity contribution < 1.29 is 9.47 Å². The lowest BCUT2D eigenvalue weighted by Gasteiger charge is -1.98. The summed E-state index contributed by atoms with van der Waals surface area (Å²) in [6, 6.07) is 5.73. The maximum Gasteiger partial charge on any atom is 0.231 e. The molecule has 0 radical (unpaired) electrons. The summed E-state index contributed by atoms with van der Waals surface area (Å²) in [6.07, 6.45) is 0. The van der Waals surface area contributed by atoms with Crippen LogP contribution in [0.1, 0.15) is 0 Å². The number of nitrogens with zero attached hydrogens (tertiary/aromatic N) is 1. The second-order valence-electron chi connectivity index (χ2n) is 3.05. The van der Waals surface area contributed by atoms with E-state index in [1.807, 2.05) is 23.6 Å². The molecule has 0 saturated carbocycles. The monoisotopic (exact) mass is 239 g/mol. The number of hydrogen-bond donors (Lipinski definition) is 0. The summed E-state index contributed by atoms with van der Waals surface area (Å²) in [5.41, 5.74) is 1.85. The Morgan fingerprint density at radius 3 is 2.93 bits per heavy atom. The predicted molar refractivity (Wildman–Crippen MR) is 58.7 cm³/mol. The molecule has 15 heavy (non-hydrogen) atoms. The average molecular weight is 240 g/mol. The Morgan fingerprint density at radius 2 is 2.13 bits per heavy atom. The van der Waals surface area contributed by atoms with Gasteiger partial charge in [0.25, 0.3) is 0 Å². The SMILES string of the molecule is Clc1nc(-c2ccc3c(c2)OCO3)cs1. The molecule has 0 spiro atoms. The number of rotatable bonds is 1. The van der Waals surface area contributed by atoms with Crippen molar-refractivity contribution in [1.29, 1.82) is 0 Å². The molecule has 0 fully saturated rings. The van der Waals surface area contributed by atoms with Gasteiger partial charge in [0.2, 0.25) is 6.79 Å². The largest absolute Gasteiger partial charge is 0.454 e. The van der Waals surface area contributed by atoms with Gasteiger partial charge in [-0.05, 0) is 18.2 Å². The van der Waals surface area contributed by atoms with E-state index < -0.39 is 0 Å². The van der Waals surface area contributed by atoms with Crippen molar-refractivity contribution in [3.8, 4) is 22.8 Å². The normalized spacial score (nSPS) is 13.1. The molecule has 0 saturated heterocycles. The highest BCUT2D eigenvalue weighted by Crippen LogP contribution is 2.36. The number of aromatic nitrogens is 1. The summed E-state index contributed by atoms with van der Waals surface area (Å²) in [6.45, 7) is 0.288. The molecule has 76 valence electrons. The van der Waals surface area contributed by atoms with Crippen molar-refractivity contribution in [3.05, 3.63) is 28.0 Å². The Labute approximate surface area is 95.2 Å². The van der Waals surface area contributed by atoms with E-state index >= 15 is 0 Å². The van der Waals surface area contributed by atoms with Gasteiger partial charge in [-0.15, -0.1) is 11.3 Å². The average Bonchev–Trinajstić information content (AvgIpc) is 2.84. The zero-order valence-corrected chi connectivity index (χ0v) is 9.14. The zero-order chi connectivity index (χ0) is 10.3. The van der Waals surface area contributed by atoms with Crippen molar-refractivity contribution in [2.75, 3.05) is 6.79 Å². The van der Waals surface area contributed by atoms with Crippen LogP contribution in [0, 0.1) is 0 Å². The van der Waals surface area contributed by atoms with Gasteiger partial charge in [0.05, 0.1) is 5.69 Å². The van der Waals surface area contributed by atoms with Crippen LogP contribution in [0.25, 0.3) is 11.3 Å². The van der Waals surface area contributed by atoms with Crippen LogP contribution in [0.4, 0.5) is 0 Å². The van der Waals surface area contributed by atoms with Gasteiger partial charge in [0.1, 0.15) is 0 Å². The molecule has 2 heterocycles. The van der Waals surface area contributed by atoms with E-state index in [0.29, 0.717) is 4.47 Å². The second-order valence-corrected chi connectivity index (χ2v) is 4.49. The predicted octanol–water partition coefficient (Wildman–Crippen LogP) is 3.19. The first-order valence-corrected chi connectivity index (χ1v) is 5.60. The van der Waals surface area contributed by atoms with Crippen LogP contribution in [0.3, 0.4) is 0 Å². The van der Waals surface area contributed by atoms with Crippen molar-refractivity contribution in [3.63, 3.8) is 0 Å². The number of ether oxygens (including phenoxy) is 2. The topological polar surface area (TPSA) is 31.4 Å². The van der Waals surface area contributed by atoms with Crippen molar-refractivity contribution in [2.24, 2.45) is 0 Å². The van der Waals surface area contributed by atoms with Gasteiger partial charge < -0.3 is 9.47 Å². The minimum atomic E-state index is 0.288. The summed E-state index contributed by atoms with van der Waals surface area (Å²) in [7, 11) is 0. The molecule has 3 rings (SSSR count). The van der Waals surface area contributed by atoms with Gasteiger partial charge in [-0.3, -0.25) is 0 Å².